The second-order valence-electron chi connectivity index (χ2n) is 3.84. The average Bonchev–Trinajstić information content (AvgIpc) is 2.30. The minimum atomic E-state index is -4.70. The summed E-state index contributed by atoms with van der Waals surface area (Å²) in [5.41, 5.74) is -0.184. The summed E-state index contributed by atoms with van der Waals surface area (Å²) in [7, 11) is 0. The van der Waals surface area contributed by atoms with E-state index in [4.69, 9.17) is 16.7 Å². The van der Waals surface area contributed by atoms with Gasteiger partial charge in [0.25, 0.3) is 0 Å². The Hall–Kier alpha value is -1.27. The van der Waals surface area contributed by atoms with Gasteiger partial charge in [-0.1, -0.05) is 30.7 Å². The number of hydrogen-bond acceptors (Lipinski definition) is 2. The summed E-state index contributed by atoms with van der Waals surface area (Å²) >= 11 is 5.60. The first-order chi connectivity index (χ1) is 8.75. The van der Waals surface area contributed by atoms with Gasteiger partial charge >= 0.3 is 12.1 Å². The van der Waals surface area contributed by atoms with E-state index in [1.807, 2.05) is 0 Å². The number of halogens is 4. The van der Waals surface area contributed by atoms with Gasteiger partial charge < -0.3 is 9.84 Å². The van der Waals surface area contributed by atoms with Crippen LogP contribution >= 0.6 is 11.6 Å². The smallest absolute Gasteiger partial charge is 0.418 e. The molecule has 19 heavy (non-hydrogen) atoms. The number of carbonyl (C=O) groups is 1. The fourth-order valence-electron chi connectivity index (χ4n) is 1.48. The minimum Gasteiger partial charge on any atom is -0.479 e. The van der Waals surface area contributed by atoms with Crippen molar-refractivity contribution in [2.75, 3.05) is 0 Å². The zero-order chi connectivity index (χ0) is 14.6. The normalized spacial score (nSPS) is 15.0. The molecule has 0 aliphatic rings. The van der Waals surface area contributed by atoms with Gasteiger partial charge in [-0.2, -0.15) is 13.2 Å². The van der Waals surface area contributed by atoms with E-state index in [0.717, 1.165) is 12.1 Å². The first-order valence-corrected chi connectivity index (χ1v) is 5.84. The van der Waals surface area contributed by atoms with Gasteiger partial charge in [0, 0.05) is 5.02 Å². The van der Waals surface area contributed by atoms with Crippen molar-refractivity contribution in [2.45, 2.75) is 31.7 Å². The van der Waals surface area contributed by atoms with Crippen LogP contribution < -0.4 is 0 Å². The van der Waals surface area contributed by atoms with E-state index in [2.05, 4.69) is 4.74 Å². The molecule has 7 heteroatoms. The Morgan fingerprint density at radius 1 is 1.37 bits per heavy atom. The van der Waals surface area contributed by atoms with Crippen LogP contribution in [-0.2, 0) is 9.53 Å². The van der Waals surface area contributed by atoms with Gasteiger partial charge in [-0.05, 0) is 24.1 Å². The maximum absolute atomic E-state index is 12.9. The second-order valence-corrected chi connectivity index (χ2v) is 4.28. The molecular formula is C12H12ClF3O3. The third-order valence-electron chi connectivity index (χ3n) is 2.42. The molecule has 1 N–H and O–H groups in total. The molecule has 0 fully saturated rings. The maximum atomic E-state index is 12.9. The lowest BCUT2D eigenvalue weighted by atomic mass is 10.1. The van der Waals surface area contributed by atoms with Gasteiger partial charge in [0.1, 0.15) is 0 Å². The minimum absolute atomic E-state index is 0.0600. The molecule has 0 aromatic heterocycles. The number of carboxylic acid groups (broad SMARTS) is 1. The van der Waals surface area contributed by atoms with Crippen LogP contribution in [-0.4, -0.2) is 23.4 Å². The van der Waals surface area contributed by atoms with E-state index >= 15 is 0 Å². The quantitative estimate of drug-likeness (QED) is 0.898. The molecule has 0 aliphatic carbocycles. The van der Waals surface area contributed by atoms with Crippen molar-refractivity contribution in [3.63, 3.8) is 0 Å². The highest BCUT2D eigenvalue weighted by atomic mass is 35.5. The number of benzene rings is 1. The van der Waals surface area contributed by atoms with Crippen molar-refractivity contribution in [1.29, 1.82) is 0 Å². The molecule has 1 aromatic rings. The summed E-state index contributed by atoms with van der Waals surface area (Å²) in [5.74, 6) is -1.43. The molecule has 3 nitrogen and oxygen atoms in total. The Balaban J connectivity index is 3.02. The zero-order valence-electron chi connectivity index (χ0n) is 9.95. The molecule has 2 unspecified atom stereocenters. The first kappa shape index (κ1) is 15.8. The molecule has 0 heterocycles. The van der Waals surface area contributed by atoms with E-state index in [9.17, 15) is 18.0 Å². The van der Waals surface area contributed by atoms with Crippen molar-refractivity contribution in [3.8, 4) is 0 Å². The molecule has 0 radical (unpaired) electrons. The third-order valence-corrected chi connectivity index (χ3v) is 2.67. The third kappa shape index (κ3) is 4.40. The lowest BCUT2D eigenvalue weighted by Crippen LogP contribution is -2.32. The van der Waals surface area contributed by atoms with E-state index in [1.165, 1.54) is 19.1 Å². The molecule has 0 spiro atoms. The van der Waals surface area contributed by atoms with Crippen molar-refractivity contribution in [1.82, 2.24) is 0 Å². The number of rotatable bonds is 5. The van der Waals surface area contributed by atoms with E-state index in [1.54, 1.807) is 0 Å². The highest BCUT2D eigenvalue weighted by Crippen LogP contribution is 2.37. The molecule has 1 aromatic carbocycles. The van der Waals surface area contributed by atoms with Crippen molar-refractivity contribution >= 4 is 17.6 Å². The predicted octanol–water partition coefficient (Wildman–Crippen LogP) is 3.82. The lowest BCUT2D eigenvalue weighted by molar-refractivity contribution is -0.238. The van der Waals surface area contributed by atoms with Gasteiger partial charge in [0.2, 0.25) is 0 Å². The summed E-state index contributed by atoms with van der Waals surface area (Å²) in [5, 5.41) is 9.05. The van der Waals surface area contributed by atoms with Crippen LogP contribution in [0.4, 0.5) is 13.2 Å². The SMILES string of the molecule is CCC(OC(c1ccc(Cl)cc1)C(F)(F)F)C(=O)O. The number of carboxylic acids is 1. The Kier molecular flexibility index (Phi) is 5.20. The second kappa shape index (κ2) is 6.25. The molecule has 0 saturated heterocycles. The molecule has 0 bridgehead atoms. The van der Waals surface area contributed by atoms with Crippen LogP contribution in [0.15, 0.2) is 24.3 Å². The van der Waals surface area contributed by atoms with Gasteiger partial charge in [-0.25, -0.2) is 4.79 Å². The van der Waals surface area contributed by atoms with Crippen LogP contribution in [0.25, 0.3) is 0 Å². The van der Waals surface area contributed by atoms with Crippen LogP contribution in [0.1, 0.15) is 25.0 Å². The van der Waals surface area contributed by atoms with Crippen LogP contribution in [0.2, 0.25) is 5.02 Å². The van der Waals surface area contributed by atoms with Gasteiger partial charge in [-0.3, -0.25) is 0 Å². The average molecular weight is 297 g/mol. The monoisotopic (exact) mass is 296 g/mol. The molecule has 0 saturated carbocycles. The summed E-state index contributed by atoms with van der Waals surface area (Å²) in [6.45, 7) is 1.44. The highest BCUT2D eigenvalue weighted by molar-refractivity contribution is 6.30. The fourth-order valence-corrected chi connectivity index (χ4v) is 1.60. The Morgan fingerprint density at radius 2 is 1.89 bits per heavy atom. The first-order valence-electron chi connectivity index (χ1n) is 5.46. The van der Waals surface area contributed by atoms with Gasteiger partial charge in [0.15, 0.2) is 12.2 Å². The van der Waals surface area contributed by atoms with E-state index in [0.29, 0.717) is 0 Å². The molecule has 1 rings (SSSR count). The summed E-state index contributed by atoms with van der Waals surface area (Å²) in [6.07, 6.45) is -8.56. The number of aliphatic carboxylic acids is 1. The topological polar surface area (TPSA) is 46.5 Å². The van der Waals surface area contributed by atoms with Crippen LogP contribution in [0.5, 0.6) is 0 Å². The van der Waals surface area contributed by atoms with E-state index in [-0.39, 0.29) is 17.0 Å². The van der Waals surface area contributed by atoms with Crippen molar-refractivity contribution < 1.29 is 27.8 Å². The molecule has 106 valence electrons. The van der Waals surface area contributed by atoms with Crippen molar-refractivity contribution in [3.05, 3.63) is 34.9 Å². The lowest BCUT2D eigenvalue weighted by Gasteiger charge is -2.24. The zero-order valence-corrected chi connectivity index (χ0v) is 10.7. The summed E-state index contributed by atoms with van der Waals surface area (Å²) in [6, 6.07) is 4.91. The van der Waals surface area contributed by atoms with Crippen LogP contribution in [0.3, 0.4) is 0 Å². The number of ether oxygens (including phenoxy) is 1. The maximum Gasteiger partial charge on any atom is 0.418 e. The van der Waals surface area contributed by atoms with Crippen LogP contribution in [0, 0.1) is 0 Å². The molecule has 2 atom stereocenters. The molecular weight excluding hydrogens is 285 g/mol. The molecule has 0 aliphatic heterocycles. The molecule has 0 amide bonds. The largest absolute Gasteiger partial charge is 0.479 e. The Bertz CT molecular complexity index is 431. The standard InChI is InChI=1S/C12H12ClF3O3/c1-2-9(11(17)18)19-10(12(14,15)16)7-3-5-8(13)6-4-7/h3-6,9-10H,2H2,1H3,(H,17,18). The van der Waals surface area contributed by atoms with Crippen molar-refractivity contribution in [2.24, 2.45) is 0 Å². The Labute approximate surface area is 112 Å². The number of hydrogen-bond donors (Lipinski definition) is 1. The number of alkyl halides is 3. The summed E-state index contributed by atoms with van der Waals surface area (Å²) < 4.78 is 43.4. The highest BCUT2D eigenvalue weighted by Gasteiger charge is 2.44. The Morgan fingerprint density at radius 3 is 2.26 bits per heavy atom. The fraction of sp³-hybridized carbons (Fsp3) is 0.417. The van der Waals surface area contributed by atoms with Gasteiger partial charge in [0.05, 0.1) is 0 Å². The van der Waals surface area contributed by atoms with Gasteiger partial charge in [-0.15, -0.1) is 0 Å². The van der Waals surface area contributed by atoms with E-state index < -0.39 is 24.4 Å². The summed E-state index contributed by atoms with van der Waals surface area (Å²) in [4.78, 5) is 10.8. The predicted molar refractivity (Wildman–Crippen MR) is 63.0 cm³/mol.